The van der Waals surface area contributed by atoms with Gasteiger partial charge in [-0.3, -0.25) is 29.9 Å². The molecular formula is C23H24N4O6. The molecule has 1 atom stereocenters. The highest BCUT2D eigenvalue weighted by Crippen LogP contribution is 2.30. The van der Waals surface area contributed by atoms with Crippen LogP contribution in [0.1, 0.15) is 34.3 Å². The summed E-state index contributed by atoms with van der Waals surface area (Å²) in [5.74, 6) is -0.123. The smallest absolute Gasteiger partial charge is 0.326 e. The first-order valence-corrected chi connectivity index (χ1v) is 10.4. The molecule has 2 aromatic rings. The van der Waals surface area contributed by atoms with E-state index in [9.17, 15) is 19.2 Å². The lowest BCUT2D eigenvalue weighted by Gasteiger charge is -2.29. The maximum atomic E-state index is 12.6. The molecule has 10 nitrogen and oxygen atoms in total. The zero-order valence-electron chi connectivity index (χ0n) is 18.3. The fraction of sp³-hybridized carbons (Fsp3) is 0.304. The summed E-state index contributed by atoms with van der Waals surface area (Å²) in [5.41, 5.74) is 2.69. The number of nitrogens with zero attached hydrogens (tertiary/aromatic N) is 1. The number of ether oxygens (including phenoxy) is 2. The Bertz CT molecular complexity index is 1130. The fourth-order valence-electron chi connectivity index (χ4n) is 4.06. The summed E-state index contributed by atoms with van der Waals surface area (Å²) in [5, 5.41) is 7.28. The summed E-state index contributed by atoms with van der Waals surface area (Å²) in [6.45, 7) is 1.05. The van der Waals surface area contributed by atoms with Gasteiger partial charge in [-0.15, -0.1) is 0 Å². The van der Waals surface area contributed by atoms with E-state index in [-0.39, 0.29) is 17.9 Å². The van der Waals surface area contributed by atoms with Crippen molar-refractivity contribution in [1.29, 1.82) is 0 Å². The summed E-state index contributed by atoms with van der Waals surface area (Å²) < 4.78 is 10.4. The van der Waals surface area contributed by atoms with E-state index in [2.05, 4.69) is 16.0 Å². The number of carbonyl (C=O) groups is 4. The van der Waals surface area contributed by atoms with Gasteiger partial charge >= 0.3 is 6.03 Å². The van der Waals surface area contributed by atoms with Crippen LogP contribution in [-0.4, -0.2) is 48.9 Å². The van der Waals surface area contributed by atoms with Crippen LogP contribution in [0.5, 0.6) is 11.5 Å². The molecule has 2 heterocycles. The van der Waals surface area contributed by atoms with Crippen molar-refractivity contribution in [3.63, 3.8) is 0 Å². The van der Waals surface area contributed by atoms with Gasteiger partial charge in [-0.05, 0) is 41.8 Å². The molecule has 2 aliphatic heterocycles. The summed E-state index contributed by atoms with van der Waals surface area (Å²) in [7, 11) is 3.00. The van der Waals surface area contributed by atoms with Crippen molar-refractivity contribution in [3.8, 4) is 11.5 Å². The predicted molar refractivity (Wildman–Crippen MR) is 118 cm³/mol. The summed E-state index contributed by atoms with van der Waals surface area (Å²) in [6.07, 6.45) is 0.786. The van der Waals surface area contributed by atoms with Crippen molar-refractivity contribution >= 4 is 29.4 Å². The number of urea groups is 1. The van der Waals surface area contributed by atoms with Crippen LogP contribution in [0, 0.1) is 0 Å². The highest BCUT2D eigenvalue weighted by Gasteiger charge is 2.34. The number of hydrogen-bond acceptors (Lipinski definition) is 7. The maximum Gasteiger partial charge on any atom is 0.326 e. The topological polar surface area (TPSA) is 126 Å². The van der Waals surface area contributed by atoms with Gasteiger partial charge < -0.3 is 14.8 Å². The van der Waals surface area contributed by atoms with Crippen molar-refractivity contribution in [3.05, 3.63) is 53.1 Å². The molecule has 0 aromatic heterocycles. The second-order valence-electron chi connectivity index (χ2n) is 7.83. The Morgan fingerprint density at radius 3 is 2.48 bits per heavy atom. The number of piperidine rings is 1. The van der Waals surface area contributed by atoms with Crippen LogP contribution >= 0.6 is 0 Å². The molecular weight excluding hydrogens is 428 g/mol. The van der Waals surface area contributed by atoms with E-state index < -0.39 is 11.9 Å². The monoisotopic (exact) mass is 452 g/mol. The van der Waals surface area contributed by atoms with Crippen LogP contribution in [0.3, 0.4) is 0 Å². The van der Waals surface area contributed by atoms with Gasteiger partial charge in [0, 0.05) is 36.8 Å². The third-order valence-corrected chi connectivity index (χ3v) is 5.73. The Kier molecular flexibility index (Phi) is 6.27. The van der Waals surface area contributed by atoms with E-state index in [4.69, 9.17) is 9.47 Å². The third kappa shape index (κ3) is 4.80. The second kappa shape index (κ2) is 9.29. The summed E-state index contributed by atoms with van der Waals surface area (Å²) in [4.78, 5) is 50.5. The number of fused-ring (bicyclic) bond motifs is 1. The minimum Gasteiger partial charge on any atom is -0.493 e. The first-order valence-electron chi connectivity index (χ1n) is 10.4. The Labute approximate surface area is 190 Å². The zero-order chi connectivity index (χ0) is 23.5. The molecule has 172 valence electrons. The Balaban J connectivity index is 1.38. The quantitative estimate of drug-likeness (QED) is 0.591. The predicted octanol–water partition coefficient (Wildman–Crippen LogP) is 1.79. The van der Waals surface area contributed by atoms with Gasteiger partial charge in [-0.2, -0.15) is 0 Å². The van der Waals surface area contributed by atoms with Crippen LogP contribution in [-0.2, 0) is 22.7 Å². The highest BCUT2D eigenvalue weighted by atomic mass is 16.5. The Morgan fingerprint density at radius 1 is 1.00 bits per heavy atom. The van der Waals surface area contributed by atoms with Crippen molar-refractivity contribution in [2.75, 3.05) is 19.5 Å². The molecule has 10 heteroatoms. The number of benzene rings is 2. The van der Waals surface area contributed by atoms with Crippen molar-refractivity contribution in [2.45, 2.75) is 32.0 Å². The molecule has 2 aliphatic rings. The molecule has 3 N–H and O–H groups in total. The number of hydrogen-bond donors (Lipinski definition) is 3. The van der Waals surface area contributed by atoms with Crippen LogP contribution in [0.25, 0.3) is 0 Å². The number of nitrogens with one attached hydrogen (secondary N) is 3. The van der Waals surface area contributed by atoms with E-state index in [1.54, 1.807) is 30.3 Å². The van der Waals surface area contributed by atoms with Gasteiger partial charge in [0.25, 0.3) is 5.91 Å². The number of anilines is 1. The highest BCUT2D eigenvalue weighted by molar-refractivity contribution is 6.08. The zero-order valence-corrected chi connectivity index (χ0v) is 18.3. The average Bonchev–Trinajstić information content (AvgIpc) is 3.21. The molecule has 1 unspecified atom stereocenters. The van der Waals surface area contributed by atoms with E-state index in [1.165, 1.54) is 14.2 Å². The minimum absolute atomic E-state index is 0.252. The Hall–Kier alpha value is -3.92. The van der Waals surface area contributed by atoms with E-state index in [0.29, 0.717) is 48.7 Å². The van der Waals surface area contributed by atoms with Crippen LogP contribution in [0.4, 0.5) is 10.5 Å². The second-order valence-corrected chi connectivity index (χ2v) is 7.83. The van der Waals surface area contributed by atoms with Gasteiger partial charge in [0.05, 0.1) is 20.3 Å². The lowest BCUT2D eigenvalue weighted by Crippen LogP contribution is -2.50. The molecule has 4 rings (SSSR count). The van der Waals surface area contributed by atoms with Crippen LogP contribution in [0.2, 0.25) is 0 Å². The molecule has 0 aliphatic carbocycles. The van der Waals surface area contributed by atoms with Crippen molar-refractivity contribution in [1.82, 2.24) is 15.5 Å². The lowest BCUT2D eigenvalue weighted by molar-refractivity contribution is -0.137. The summed E-state index contributed by atoms with van der Waals surface area (Å²) >= 11 is 0. The molecule has 0 spiro atoms. The first kappa shape index (κ1) is 22.3. The number of imide groups is 2. The third-order valence-electron chi connectivity index (χ3n) is 5.73. The number of methoxy groups -OCH3 is 2. The molecule has 0 saturated carbocycles. The average molecular weight is 452 g/mol. The minimum atomic E-state index is -0.683. The first-order chi connectivity index (χ1) is 15.9. The SMILES string of the molecule is COc1ccc(NC(=O)NC(=O)c2ccc3c(c2)CN(C2CCC(=O)NC2=O)C3)cc1OC. The van der Waals surface area contributed by atoms with Crippen molar-refractivity contribution < 1.29 is 28.7 Å². The van der Waals surface area contributed by atoms with E-state index in [1.807, 2.05) is 11.0 Å². The molecule has 1 saturated heterocycles. The molecule has 1 fully saturated rings. The van der Waals surface area contributed by atoms with Crippen LogP contribution in [0.15, 0.2) is 36.4 Å². The number of carbonyl (C=O) groups excluding carboxylic acids is 4. The molecule has 0 radical (unpaired) electrons. The number of rotatable bonds is 5. The van der Waals surface area contributed by atoms with Gasteiger partial charge in [0.2, 0.25) is 11.8 Å². The Morgan fingerprint density at radius 2 is 1.76 bits per heavy atom. The van der Waals surface area contributed by atoms with Crippen molar-refractivity contribution in [2.24, 2.45) is 0 Å². The molecule has 5 amide bonds. The summed E-state index contributed by atoms with van der Waals surface area (Å²) in [6, 6.07) is 8.99. The van der Waals surface area contributed by atoms with Gasteiger partial charge in [-0.25, -0.2) is 4.79 Å². The maximum absolute atomic E-state index is 12.6. The normalized spacial score (nSPS) is 17.7. The van der Waals surface area contributed by atoms with Gasteiger partial charge in [0.1, 0.15) is 0 Å². The standard InChI is InChI=1S/C23H24N4O6/c1-32-18-7-5-16(10-19(18)33-2)24-23(31)26-21(29)13-3-4-14-11-27(12-15(14)9-13)17-6-8-20(28)25-22(17)30/h3-5,7,9-10,17H,6,8,11-12H2,1-2H3,(H,25,28,30)(H2,24,26,29,31). The molecule has 0 bridgehead atoms. The van der Waals surface area contributed by atoms with Gasteiger partial charge in [-0.1, -0.05) is 6.07 Å². The van der Waals surface area contributed by atoms with E-state index in [0.717, 1.165) is 11.1 Å². The number of amides is 5. The lowest BCUT2D eigenvalue weighted by atomic mass is 10.0. The largest absolute Gasteiger partial charge is 0.493 e. The van der Waals surface area contributed by atoms with E-state index >= 15 is 0 Å². The molecule has 33 heavy (non-hydrogen) atoms. The fourth-order valence-corrected chi connectivity index (χ4v) is 4.06. The van der Waals surface area contributed by atoms with Crippen LogP contribution < -0.4 is 25.4 Å². The van der Waals surface area contributed by atoms with Gasteiger partial charge in [0.15, 0.2) is 11.5 Å². The molecule has 2 aromatic carbocycles.